The zero-order valence-electron chi connectivity index (χ0n) is 11.1. The largest absolute Gasteiger partial charge is 0.481 e. The summed E-state index contributed by atoms with van der Waals surface area (Å²) in [4.78, 5) is 15.5. The van der Waals surface area contributed by atoms with E-state index >= 15 is 0 Å². The van der Waals surface area contributed by atoms with Crippen LogP contribution in [0.4, 0.5) is 5.82 Å². The van der Waals surface area contributed by atoms with Gasteiger partial charge in [-0.25, -0.2) is 9.67 Å². The van der Waals surface area contributed by atoms with Gasteiger partial charge in [0.1, 0.15) is 5.82 Å². The first-order chi connectivity index (χ1) is 10.1. The number of halogens is 1. The predicted molar refractivity (Wildman–Crippen MR) is 76.1 cm³/mol. The predicted octanol–water partition coefficient (Wildman–Crippen LogP) is 1.84. The SMILES string of the molecule is O=C(O)C1C[C@@H](Nc2ncccc2Cl)[C@@H](n2ccnn2)C1. The van der Waals surface area contributed by atoms with Crippen molar-refractivity contribution in [3.8, 4) is 0 Å². The van der Waals surface area contributed by atoms with Crippen LogP contribution in [-0.2, 0) is 4.79 Å². The lowest BCUT2D eigenvalue weighted by Crippen LogP contribution is -2.27. The van der Waals surface area contributed by atoms with Gasteiger partial charge in [-0.3, -0.25) is 4.79 Å². The summed E-state index contributed by atoms with van der Waals surface area (Å²) in [6, 6.07) is 3.29. The van der Waals surface area contributed by atoms with Gasteiger partial charge in [0.05, 0.1) is 29.2 Å². The van der Waals surface area contributed by atoms with E-state index < -0.39 is 11.9 Å². The van der Waals surface area contributed by atoms with Crippen molar-refractivity contribution < 1.29 is 9.90 Å². The Bertz CT molecular complexity index is 633. The van der Waals surface area contributed by atoms with Gasteiger partial charge in [-0.2, -0.15) is 0 Å². The molecule has 3 atom stereocenters. The fraction of sp³-hybridized carbons (Fsp3) is 0.385. The van der Waals surface area contributed by atoms with Gasteiger partial charge in [0, 0.05) is 12.4 Å². The maximum absolute atomic E-state index is 11.3. The molecule has 1 aliphatic rings. The van der Waals surface area contributed by atoms with E-state index in [0.29, 0.717) is 23.7 Å². The molecule has 7 nitrogen and oxygen atoms in total. The molecule has 0 aromatic carbocycles. The number of aliphatic carboxylic acids is 1. The summed E-state index contributed by atoms with van der Waals surface area (Å²) in [5.41, 5.74) is 0. The summed E-state index contributed by atoms with van der Waals surface area (Å²) in [6.45, 7) is 0. The summed E-state index contributed by atoms with van der Waals surface area (Å²) in [7, 11) is 0. The van der Waals surface area contributed by atoms with Crippen molar-refractivity contribution in [3.63, 3.8) is 0 Å². The monoisotopic (exact) mass is 307 g/mol. The summed E-state index contributed by atoms with van der Waals surface area (Å²) in [5, 5.41) is 20.8. The fourth-order valence-electron chi connectivity index (χ4n) is 2.73. The van der Waals surface area contributed by atoms with Crippen LogP contribution in [0.3, 0.4) is 0 Å². The molecule has 0 spiro atoms. The quantitative estimate of drug-likeness (QED) is 0.895. The molecule has 0 saturated heterocycles. The number of rotatable bonds is 4. The van der Waals surface area contributed by atoms with Gasteiger partial charge in [-0.15, -0.1) is 5.10 Å². The molecular weight excluding hydrogens is 294 g/mol. The number of carboxylic acid groups (broad SMARTS) is 1. The second-order valence-corrected chi connectivity index (χ2v) is 5.45. The molecule has 1 aliphatic carbocycles. The Morgan fingerprint density at radius 1 is 1.43 bits per heavy atom. The smallest absolute Gasteiger partial charge is 0.306 e. The molecule has 0 bridgehead atoms. The Labute approximate surface area is 125 Å². The molecule has 1 fully saturated rings. The van der Waals surface area contributed by atoms with Crippen molar-refractivity contribution in [1.29, 1.82) is 0 Å². The summed E-state index contributed by atoms with van der Waals surface area (Å²) in [6.07, 6.45) is 5.96. The molecule has 8 heteroatoms. The molecule has 0 aliphatic heterocycles. The van der Waals surface area contributed by atoms with Crippen LogP contribution in [0.25, 0.3) is 0 Å². The number of hydrogen-bond acceptors (Lipinski definition) is 5. The molecule has 3 rings (SSSR count). The minimum Gasteiger partial charge on any atom is -0.481 e. The lowest BCUT2D eigenvalue weighted by Gasteiger charge is -2.21. The molecule has 2 aromatic heterocycles. The van der Waals surface area contributed by atoms with E-state index in [1.807, 2.05) is 0 Å². The number of nitrogens with one attached hydrogen (secondary N) is 1. The second-order valence-electron chi connectivity index (χ2n) is 5.04. The lowest BCUT2D eigenvalue weighted by atomic mass is 10.1. The van der Waals surface area contributed by atoms with Gasteiger partial charge in [0.25, 0.3) is 0 Å². The second kappa shape index (κ2) is 5.69. The van der Waals surface area contributed by atoms with E-state index in [4.69, 9.17) is 11.6 Å². The Kier molecular flexibility index (Phi) is 3.74. The van der Waals surface area contributed by atoms with E-state index in [9.17, 15) is 9.90 Å². The zero-order chi connectivity index (χ0) is 14.8. The maximum atomic E-state index is 11.3. The first-order valence-electron chi connectivity index (χ1n) is 6.61. The van der Waals surface area contributed by atoms with Crippen molar-refractivity contribution in [2.45, 2.75) is 24.9 Å². The first-order valence-corrected chi connectivity index (χ1v) is 6.98. The average Bonchev–Trinajstić information content (AvgIpc) is 3.10. The van der Waals surface area contributed by atoms with Gasteiger partial charge in [-0.1, -0.05) is 16.8 Å². The number of pyridine rings is 1. The molecule has 2 aromatic rings. The minimum atomic E-state index is -0.795. The standard InChI is InChI=1S/C13H14ClN5O2/c14-9-2-1-3-15-12(9)17-10-6-8(13(20)21)7-11(10)19-5-4-16-18-19/h1-5,8,10-11H,6-7H2,(H,15,17)(H,20,21)/t8?,10-,11+/m1/s1. The number of aromatic nitrogens is 4. The van der Waals surface area contributed by atoms with Gasteiger partial charge >= 0.3 is 5.97 Å². The molecular formula is C13H14ClN5O2. The third-order valence-corrected chi connectivity index (χ3v) is 4.04. The van der Waals surface area contributed by atoms with E-state index in [2.05, 4.69) is 20.6 Å². The Balaban J connectivity index is 1.84. The zero-order valence-corrected chi connectivity index (χ0v) is 11.8. The van der Waals surface area contributed by atoms with Crippen LogP contribution >= 0.6 is 11.6 Å². The average molecular weight is 308 g/mol. The maximum Gasteiger partial charge on any atom is 0.306 e. The van der Waals surface area contributed by atoms with Crippen LogP contribution in [0.1, 0.15) is 18.9 Å². The normalized spacial score (nSPS) is 24.9. The lowest BCUT2D eigenvalue weighted by molar-refractivity contribution is -0.141. The van der Waals surface area contributed by atoms with E-state index in [0.717, 1.165) is 0 Å². The Morgan fingerprint density at radius 3 is 2.95 bits per heavy atom. The van der Waals surface area contributed by atoms with Crippen molar-refractivity contribution >= 4 is 23.4 Å². The van der Waals surface area contributed by atoms with Crippen LogP contribution in [-0.4, -0.2) is 37.1 Å². The van der Waals surface area contributed by atoms with Crippen molar-refractivity contribution in [1.82, 2.24) is 20.0 Å². The molecule has 21 heavy (non-hydrogen) atoms. The molecule has 2 heterocycles. The van der Waals surface area contributed by atoms with Crippen molar-refractivity contribution in [3.05, 3.63) is 35.7 Å². The highest BCUT2D eigenvalue weighted by Crippen LogP contribution is 2.37. The summed E-state index contributed by atoms with van der Waals surface area (Å²) in [5.74, 6) is -0.656. The van der Waals surface area contributed by atoms with Gasteiger partial charge in [0.15, 0.2) is 0 Å². The van der Waals surface area contributed by atoms with Gasteiger partial charge in [0.2, 0.25) is 0 Å². The van der Waals surface area contributed by atoms with Crippen molar-refractivity contribution in [2.24, 2.45) is 5.92 Å². The van der Waals surface area contributed by atoms with Crippen LogP contribution in [0.15, 0.2) is 30.7 Å². The van der Waals surface area contributed by atoms with Crippen LogP contribution in [0.5, 0.6) is 0 Å². The van der Waals surface area contributed by atoms with Crippen LogP contribution in [0.2, 0.25) is 5.02 Å². The minimum absolute atomic E-state index is 0.0910. The molecule has 1 saturated carbocycles. The van der Waals surface area contributed by atoms with E-state index in [-0.39, 0.29) is 12.1 Å². The van der Waals surface area contributed by atoms with Crippen LogP contribution < -0.4 is 5.32 Å². The third-order valence-electron chi connectivity index (χ3n) is 3.74. The molecule has 0 amide bonds. The number of nitrogens with zero attached hydrogens (tertiary/aromatic N) is 4. The molecule has 110 valence electrons. The van der Waals surface area contributed by atoms with Crippen LogP contribution in [0, 0.1) is 5.92 Å². The van der Waals surface area contributed by atoms with Gasteiger partial charge in [-0.05, 0) is 25.0 Å². The highest BCUT2D eigenvalue weighted by atomic mass is 35.5. The summed E-state index contributed by atoms with van der Waals surface area (Å²) >= 11 is 6.10. The molecule has 2 N–H and O–H groups in total. The Hall–Kier alpha value is -2.15. The number of hydrogen-bond donors (Lipinski definition) is 2. The highest BCUT2D eigenvalue weighted by Gasteiger charge is 2.39. The van der Waals surface area contributed by atoms with Crippen molar-refractivity contribution in [2.75, 3.05) is 5.32 Å². The van der Waals surface area contributed by atoms with E-state index in [1.165, 1.54) is 0 Å². The third kappa shape index (κ3) is 2.82. The molecule has 0 radical (unpaired) electrons. The Morgan fingerprint density at radius 2 is 2.29 bits per heavy atom. The molecule has 1 unspecified atom stereocenters. The number of carbonyl (C=O) groups is 1. The summed E-state index contributed by atoms with van der Waals surface area (Å²) < 4.78 is 1.69. The van der Waals surface area contributed by atoms with E-state index in [1.54, 1.807) is 35.4 Å². The fourth-order valence-corrected chi connectivity index (χ4v) is 2.90. The first kappa shape index (κ1) is 13.8. The van der Waals surface area contributed by atoms with Gasteiger partial charge < -0.3 is 10.4 Å². The number of anilines is 1. The number of carboxylic acids is 1. The highest BCUT2D eigenvalue weighted by molar-refractivity contribution is 6.32. The topological polar surface area (TPSA) is 92.9 Å².